The molecule has 2 fully saturated rings. The van der Waals surface area contributed by atoms with E-state index in [0.717, 1.165) is 25.7 Å². The van der Waals surface area contributed by atoms with Gasteiger partial charge >= 0.3 is 0 Å². The minimum atomic E-state index is -3.23. The zero-order valence-corrected chi connectivity index (χ0v) is 11.8. The number of thiocarbonyl (C=S) groups is 1. The largest absolute Gasteiger partial charge is 0.380 e. The molecule has 1 atom stereocenters. The molecule has 0 spiro atoms. The van der Waals surface area contributed by atoms with Gasteiger partial charge in [-0.1, -0.05) is 0 Å². The van der Waals surface area contributed by atoms with Crippen LogP contribution in [0.25, 0.3) is 0 Å². The third kappa shape index (κ3) is 3.59. The Labute approximate surface area is 113 Å². The molecule has 1 aliphatic carbocycles. The fraction of sp³-hybridized carbons (Fsp3) is 0.909. The number of hydrogen-bond acceptors (Lipinski definition) is 5. The second-order valence-electron chi connectivity index (χ2n) is 4.87. The Kier molecular flexibility index (Phi) is 4.86. The second kappa shape index (κ2) is 6.21. The van der Waals surface area contributed by atoms with Crippen LogP contribution in [0.3, 0.4) is 0 Å². The van der Waals surface area contributed by atoms with E-state index in [-0.39, 0.29) is 17.3 Å². The van der Waals surface area contributed by atoms with Gasteiger partial charge in [-0.3, -0.25) is 0 Å². The third-order valence-electron chi connectivity index (χ3n) is 3.59. The highest BCUT2D eigenvalue weighted by atomic mass is 32.2. The van der Waals surface area contributed by atoms with Crippen molar-refractivity contribution in [3.05, 3.63) is 0 Å². The van der Waals surface area contributed by atoms with Crippen LogP contribution < -0.4 is 4.72 Å². The van der Waals surface area contributed by atoms with Gasteiger partial charge in [0.05, 0.1) is 17.8 Å². The van der Waals surface area contributed by atoms with Gasteiger partial charge in [0, 0.05) is 12.6 Å². The SMILES string of the molecule is O=S(=O)(NC1CCC(N=C=S)CC1)C1CCOC1. The summed E-state index contributed by atoms with van der Waals surface area (Å²) in [6, 6.07) is 0.255. The lowest BCUT2D eigenvalue weighted by Crippen LogP contribution is -2.43. The standard InChI is InChI=1S/C11H18N2O3S2/c14-18(15,11-5-6-16-7-11)13-10-3-1-9(2-4-10)12-8-17/h9-11,13H,1-7H2. The molecule has 102 valence electrons. The van der Waals surface area contributed by atoms with Crippen LogP contribution in [0, 0.1) is 0 Å². The lowest BCUT2D eigenvalue weighted by molar-refractivity contribution is 0.198. The van der Waals surface area contributed by atoms with Crippen LogP contribution in [-0.2, 0) is 14.8 Å². The zero-order valence-electron chi connectivity index (χ0n) is 10.2. The lowest BCUT2D eigenvalue weighted by atomic mass is 9.92. The van der Waals surface area contributed by atoms with E-state index in [9.17, 15) is 8.42 Å². The summed E-state index contributed by atoms with van der Waals surface area (Å²) in [5.41, 5.74) is 0. The maximum absolute atomic E-state index is 12.1. The van der Waals surface area contributed by atoms with E-state index in [1.54, 1.807) is 0 Å². The Bertz CT molecular complexity index is 418. The van der Waals surface area contributed by atoms with Crippen molar-refractivity contribution in [2.24, 2.45) is 4.99 Å². The van der Waals surface area contributed by atoms with E-state index in [0.29, 0.717) is 19.6 Å². The molecule has 0 amide bonds. The van der Waals surface area contributed by atoms with Gasteiger partial charge in [0.1, 0.15) is 5.25 Å². The summed E-state index contributed by atoms with van der Waals surface area (Å²) in [6.45, 7) is 0.863. The minimum Gasteiger partial charge on any atom is -0.380 e. The first-order chi connectivity index (χ1) is 8.62. The molecular formula is C11H18N2O3S2. The van der Waals surface area contributed by atoms with Gasteiger partial charge in [0.15, 0.2) is 0 Å². The Balaban J connectivity index is 1.85. The van der Waals surface area contributed by atoms with Crippen molar-refractivity contribution < 1.29 is 13.2 Å². The molecule has 0 radical (unpaired) electrons. The number of aliphatic imine (C=N–C) groups is 1. The van der Waals surface area contributed by atoms with Crippen LogP contribution in [0.5, 0.6) is 0 Å². The first-order valence-electron chi connectivity index (χ1n) is 6.27. The second-order valence-corrected chi connectivity index (χ2v) is 7.05. The molecule has 1 unspecified atom stereocenters. The molecule has 5 nitrogen and oxygen atoms in total. The maximum Gasteiger partial charge on any atom is 0.217 e. The summed E-state index contributed by atoms with van der Waals surface area (Å²) in [4.78, 5) is 4.06. The molecule has 0 aromatic heterocycles. The molecule has 0 bridgehead atoms. The van der Waals surface area contributed by atoms with Crippen molar-refractivity contribution in [3.8, 4) is 0 Å². The van der Waals surface area contributed by atoms with Gasteiger partial charge in [-0.25, -0.2) is 18.1 Å². The Hall–Kier alpha value is -0.330. The normalized spacial score (nSPS) is 33.0. The molecule has 7 heteroatoms. The fourth-order valence-corrected chi connectivity index (χ4v) is 4.21. The van der Waals surface area contributed by atoms with E-state index >= 15 is 0 Å². The van der Waals surface area contributed by atoms with Crippen LogP contribution in [-0.4, -0.2) is 44.1 Å². The number of nitrogens with zero attached hydrogens (tertiary/aromatic N) is 1. The predicted octanol–water partition coefficient (Wildman–Crippen LogP) is 1.11. The molecule has 1 aliphatic heterocycles. The van der Waals surface area contributed by atoms with Crippen molar-refractivity contribution >= 4 is 27.4 Å². The molecule has 0 aromatic carbocycles. The summed E-state index contributed by atoms with van der Waals surface area (Å²) in [5, 5.41) is 2.02. The number of sulfonamides is 1. The van der Waals surface area contributed by atoms with Gasteiger partial charge in [0.25, 0.3) is 0 Å². The monoisotopic (exact) mass is 290 g/mol. The van der Waals surface area contributed by atoms with Gasteiger partial charge in [-0.05, 0) is 44.3 Å². The third-order valence-corrected chi connectivity index (χ3v) is 5.61. The van der Waals surface area contributed by atoms with Crippen LogP contribution in [0.1, 0.15) is 32.1 Å². The van der Waals surface area contributed by atoms with E-state index in [2.05, 4.69) is 27.1 Å². The first kappa shape index (κ1) is 14.1. The van der Waals surface area contributed by atoms with E-state index < -0.39 is 10.0 Å². The van der Waals surface area contributed by atoms with E-state index in [4.69, 9.17) is 4.74 Å². The van der Waals surface area contributed by atoms with Gasteiger partial charge < -0.3 is 4.74 Å². The topological polar surface area (TPSA) is 67.8 Å². The highest BCUT2D eigenvalue weighted by Crippen LogP contribution is 2.23. The summed E-state index contributed by atoms with van der Waals surface area (Å²) in [7, 11) is -3.23. The Morgan fingerprint density at radius 1 is 1.22 bits per heavy atom. The number of ether oxygens (including phenoxy) is 1. The summed E-state index contributed by atoms with van der Waals surface area (Å²) in [6.07, 6.45) is 3.98. The van der Waals surface area contributed by atoms with Crippen LogP contribution in [0.4, 0.5) is 0 Å². The average Bonchev–Trinajstić information content (AvgIpc) is 2.86. The summed E-state index contributed by atoms with van der Waals surface area (Å²) in [5.74, 6) is 0. The van der Waals surface area contributed by atoms with Crippen molar-refractivity contribution in [2.45, 2.75) is 49.4 Å². The summed E-state index contributed by atoms with van der Waals surface area (Å²) >= 11 is 4.58. The Morgan fingerprint density at radius 2 is 1.94 bits per heavy atom. The predicted molar refractivity (Wildman–Crippen MR) is 72.3 cm³/mol. The molecule has 1 saturated carbocycles. The van der Waals surface area contributed by atoms with Crippen molar-refractivity contribution in [2.75, 3.05) is 13.2 Å². The highest BCUT2D eigenvalue weighted by Gasteiger charge is 2.32. The van der Waals surface area contributed by atoms with Gasteiger partial charge in [-0.15, -0.1) is 0 Å². The molecule has 18 heavy (non-hydrogen) atoms. The number of isothiocyanates is 1. The molecule has 2 aliphatic rings. The Morgan fingerprint density at radius 3 is 2.50 bits per heavy atom. The van der Waals surface area contributed by atoms with Crippen LogP contribution in [0.15, 0.2) is 4.99 Å². The van der Waals surface area contributed by atoms with E-state index in [1.807, 2.05) is 0 Å². The first-order valence-corrected chi connectivity index (χ1v) is 8.23. The van der Waals surface area contributed by atoms with Crippen LogP contribution >= 0.6 is 12.2 Å². The van der Waals surface area contributed by atoms with Crippen molar-refractivity contribution in [1.82, 2.24) is 4.72 Å². The average molecular weight is 290 g/mol. The minimum absolute atomic E-state index is 0.0344. The smallest absolute Gasteiger partial charge is 0.217 e. The van der Waals surface area contributed by atoms with Crippen molar-refractivity contribution in [1.29, 1.82) is 0 Å². The lowest BCUT2D eigenvalue weighted by Gasteiger charge is -2.27. The molecule has 2 rings (SSSR count). The number of nitrogens with one attached hydrogen (secondary N) is 1. The molecule has 1 N–H and O–H groups in total. The van der Waals surface area contributed by atoms with Crippen molar-refractivity contribution in [3.63, 3.8) is 0 Å². The van der Waals surface area contributed by atoms with Gasteiger partial charge in [-0.2, -0.15) is 0 Å². The van der Waals surface area contributed by atoms with E-state index in [1.165, 1.54) is 0 Å². The quantitative estimate of drug-likeness (QED) is 0.622. The number of rotatable bonds is 4. The molecule has 1 heterocycles. The maximum atomic E-state index is 12.1. The molecular weight excluding hydrogens is 272 g/mol. The molecule has 0 aromatic rings. The fourth-order valence-electron chi connectivity index (χ4n) is 2.48. The zero-order chi connectivity index (χ0) is 13.0. The van der Waals surface area contributed by atoms with Crippen LogP contribution in [0.2, 0.25) is 0 Å². The molecule has 1 saturated heterocycles. The van der Waals surface area contributed by atoms with Gasteiger partial charge in [0.2, 0.25) is 10.0 Å². The number of hydrogen-bond donors (Lipinski definition) is 1. The highest BCUT2D eigenvalue weighted by molar-refractivity contribution is 7.90. The summed E-state index contributed by atoms with van der Waals surface area (Å²) < 4.78 is 32.1.